The lowest BCUT2D eigenvalue weighted by molar-refractivity contribution is 0.176. The third-order valence-electron chi connectivity index (χ3n) is 1.84. The van der Waals surface area contributed by atoms with E-state index in [-0.39, 0.29) is 0 Å². The van der Waals surface area contributed by atoms with Crippen LogP contribution in [-0.2, 0) is 0 Å². The van der Waals surface area contributed by atoms with E-state index in [4.69, 9.17) is 11.6 Å². The lowest BCUT2D eigenvalue weighted by Gasteiger charge is -2.11. The second-order valence-electron chi connectivity index (χ2n) is 3.07. The largest absolute Gasteiger partial charge is 0.387 e. The second kappa shape index (κ2) is 5.81. The number of hydrogen-bond acceptors (Lipinski definition) is 2. The fourth-order valence-corrected chi connectivity index (χ4v) is 1.23. The van der Waals surface area contributed by atoms with Gasteiger partial charge in [0.25, 0.3) is 0 Å². The molecule has 1 rings (SSSR count). The predicted molar refractivity (Wildman–Crippen MR) is 59.3 cm³/mol. The molecule has 0 saturated carbocycles. The van der Waals surface area contributed by atoms with Crippen LogP contribution in [0.25, 0.3) is 0 Å². The molecule has 76 valence electrons. The molecule has 0 bridgehead atoms. The molecule has 3 heteroatoms. The molecule has 0 aromatic heterocycles. The number of nitrogens with one attached hydrogen (secondary N) is 1. The number of aliphatic hydroxyl groups excluding tert-OH is 1. The Morgan fingerprint density at radius 3 is 2.64 bits per heavy atom. The van der Waals surface area contributed by atoms with Crippen molar-refractivity contribution in [2.24, 2.45) is 0 Å². The van der Waals surface area contributed by atoms with E-state index in [9.17, 15) is 5.11 Å². The van der Waals surface area contributed by atoms with E-state index in [0.717, 1.165) is 5.56 Å². The van der Waals surface area contributed by atoms with Crippen molar-refractivity contribution in [3.8, 4) is 0 Å². The predicted octanol–water partition coefficient (Wildman–Crippen LogP) is 2.06. The molecular weight excluding hydrogens is 198 g/mol. The summed E-state index contributed by atoms with van der Waals surface area (Å²) in [6, 6.07) is 9.51. The van der Waals surface area contributed by atoms with Gasteiger partial charge in [-0.3, -0.25) is 0 Å². The fourth-order valence-electron chi connectivity index (χ4n) is 1.14. The van der Waals surface area contributed by atoms with Crippen molar-refractivity contribution < 1.29 is 5.11 Å². The molecule has 0 radical (unpaired) electrons. The first-order chi connectivity index (χ1) is 6.70. The second-order valence-corrected chi connectivity index (χ2v) is 3.61. The molecule has 14 heavy (non-hydrogen) atoms. The molecule has 1 atom stereocenters. The van der Waals surface area contributed by atoms with E-state index in [2.05, 4.69) is 11.9 Å². The van der Waals surface area contributed by atoms with Crippen molar-refractivity contribution in [1.82, 2.24) is 5.32 Å². The van der Waals surface area contributed by atoms with Gasteiger partial charge < -0.3 is 10.4 Å². The third-order valence-corrected chi connectivity index (χ3v) is 1.97. The minimum atomic E-state index is -0.493. The van der Waals surface area contributed by atoms with Gasteiger partial charge in [-0.25, -0.2) is 0 Å². The Hall–Kier alpha value is -0.830. The topological polar surface area (TPSA) is 32.3 Å². The summed E-state index contributed by atoms with van der Waals surface area (Å²) in [5.41, 5.74) is 0.903. The highest BCUT2D eigenvalue weighted by Gasteiger charge is 2.05. The summed E-state index contributed by atoms with van der Waals surface area (Å²) in [5, 5.41) is 13.2. The van der Waals surface area contributed by atoms with Crippen molar-refractivity contribution in [2.75, 3.05) is 13.1 Å². The Bertz CT molecular complexity index is 287. The van der Waals surface area contributed by atoms with Crippen LogP contribution in [0.5, 0.6) is 0 Å². The van der Waals surface area contributed by atoms with Gasteiger partial charge in [-0.05, 0) is 5.56 Å². The van der Waals surface area contributed by atoms with Gasteiger partial charge in [0.1, 0.15) is 0 Å². The summed E-state index contributed by atoms with van der Waals surface area (Å²) in [6.45, 7) is 4.55. The molecule has 0 aliphatic rings. The van der Waals surface area contributed by atoms with E-state index in [1.165, 1.54) is 0 Å². The van der Waals surface area contributed by atoms with Crippen molar-refractivity contribution in [1.29, 1.82) is 0 Å². The van der Waals surface area contributed by atoms with E-state index >= 15 is 0 Å². The Kier molecular flexibility index (Phi) is 4.66. The average Bonchev–Trinajstić information content (AvgIpc) is 2.18. The minimum Gasteiger partial charge on any atom is -0.387 e. The van der Waals surface area contributed by atoms with E-state index < -0.39 is 6.10 Å². The number of halogens is 1. The zero-order chi connectivity index (χ0) is 10.4. The monoisotopic (exact) mass is 211 g/mol. The summed E-state index contributed by atoms with van der Waals surface area (Å²) < 4.78 is 0. The first-order valence-corrected chi connectivity index (χ1v) is 4.85. The fraction of sp³-hybridized carbons (Fsp3) is 0.273. The molecule has 1 unspecified atom stereocenters. The maximum absolute atomic E-state index is 9.70. The summed E-state index contributed by atoms with van der Waals surface area (Å²) in [6.07, 6.45) is -0.493. The van der Waals surface area contributed by atoms with Gasteiger partial charge in [-0.15, -0.1) is 0 Å². The minimum absolute atomic E-state index is 0.482. The Labute approximate surface area is 89.2 Å². The third kappa shape index (κ3) is 3.92. The van der Waals surface area contributed by atoms with E-state index in [1.54, 1.807) is 0 Å². The molecule has 0 amide bonds. The van der Waals surface area contributed by atoms with Crippen molar-refractivity contribution >= 4 is 11.6 Å². The maximum Gasteiger partial charge on any atom is 0.0914 e. The van der Waals surface area contributed by atoms with Crippen LogP contribution in [0.4, 0.5) is 0 Å². The number of aliphatic hydroxyl groups is 1. The molecule has 1 aromatic carbocycles. The summed E-state index contributed by atoms with van der Waals surface area (Å²) in [7, 11) is 0. The molecule has 1 aromatic rings. The van der Waals surface area contributed by atoms with Crippen LogP contribution in [-0.4, -0.2) is 18.2 Å². The molecule has 2 N–H and O–H groups in total. The van der Waals surface area contributed by atoms with Gasteiger partial charge in [0.15, 0.2) is 0 Å². The van der Waals surface area contributed by atoms with Crippen LogP contribution in [0.2, 0.25) is 0 Å². The molecule has 2 nitrogen and oxygen atoms in total. The highest BCUT2D eigenvalue weighted by Crippen LogP contribution is 2.10. The van der Waals surface area contributed by atoms with Crippen LogP contribution in [0, 0.1) is 0 Å². The van der Waals surface area contributed by atoms with Gasteiger partial charge in [-0.1, -0.05) is 48.5 Å². The van der Waals surface area contributed by atoms with E-state index in [0.29, 0.717) is 18.1 Å². The summed E-state index contributed by atoms with van der Waals surface area (Å²) >= 11 is 5.57. The quantitative estimate of drug-likeness (QED) is 0.782. The van der Waals surface area contributed by atoms with E-state index in [1.807, 2.05) is 30.3 Å². The Morgan fingerprint density at radius 2 is 2.07 bits per heavy atom. The summed E-state index contributed by atoms with van der Waals surface area (Å²) in [4.78, 5) is 0. The van der Waals surface area contributed by atoms with Gasteiger partial charge in [0.05, 0.1) is 6.10 Å². The molecule has 0 aliphatic carbocycles. The number of hydrogen-bond donors (Lipinski definition) is 2. The maximum atomic E-state index is 9.70. The van der Waals surface area contributed by atoms with Crippen LogP contribution >= 0.6 is 11.6 Å². The average molecular weight is 212 g/mol. The Morgan fingerprint density at radius 1 is 1.43 bits per heavy atom. The lowest BCUT2D eigenvalue weighted by Crippen LogP contribution is -2.22. The normalized spacial score (nSPS) is 12.4. The Balaban J connectivity index is 2.36. The van der Waals surface area contributed by atoms with Crippen LogP contribution in [0.1, 0.15) is 11.7 Å². The number of rotatable bonds is 5. The van der Waals surface area contributed by atoms with Crippen LogP contribution in [0.3, 0.4) is 0 Å². The lowest BCUT2D eigenvalue weighted by atomic mass is 10.1. The zero-order valence-corrected chi connectivity index (χ0v) is 8.67. The van der Waals surface area contributed by atoms with Crippen molar-refractivity contribution in [3.05, 3.63) is 47.5 Å². The zero-order valence-electron chi connectivity index (χ0n) is 7.91. The first-order valence-electron chi connectivity index (χ1n) is 4.47. The first kappa shape index (κ1) is 11.2. The molecular formula is C11H14ClNO. The summed E-state index contributed by atoms with van der Waals surface area (Å²) in [5.74, 6) is 0. The van der Waals surface area contributed by atoms with Crippen molar-refractivity contribution in [3.63, 3.8) is 0 Å². The number of benzene rings is 1. The molecule has 0 saturated heterocycles. The van der Waals surface area contributed by atoms with Gasteiger partial charge in [-0.2, -0.15) is 0 Å². The molecule has 0 fully saturated rings. The highest BCUT2D eigenvalue weighted by molar-refractivity contribution is 6.29. The molecule has 0 spiro atoms. The standard InChI is InChI=1S/C11H14ClNO/c1-9(12)7-13-8-11(14)10-5-3-2-4-6-10/h2-6,11,13-14H,1,7-8H2. The van der Waals surface area contributed by atoms with Gasteiger partial charge in [0.2, 0.25) is 0 Å². The molecule has 0 heterocycles. The SMILES string of the molecule is C=C(Cl)CNCC(O)c1ccccc1. The van der Waals surface area contributed by atoms with Gasteiger partial charge in [0, 0.05) is 18.1 Å². The molecule has 0 aliphatic heterocycles. The van der Waals surface area contributed by atoms with Crippen LogP contribution < -0.4 is 5.32 Å². The highest BCUT2D eigenvalue weighted by atomic mass is 35.5. The van der Waals surface area contributed by atoms with Gasteiger partial charge >= 0.3 is 0 Å². The van der Waals surface area contributed by atoms with Crippen molar-refractivity contribution in [2.45, 2.75) is 6.10 Å². The van der Waals surface area contributed by atoms with Crippen LogP contribution in [0.15, 0.2) is 41.9 Å². The smallest absolute Gasteiger partial charge is 0.0914 e.